The molecule has 0 heterocycles. The molecular weight excluding hydrogens is 525 g/mol. The van der Waals surface area contributed by atoms with Crippen LogP contribution in [-0.4, -0.2) is 16.8 Å². The Morgan fingerprint density at radius 1 is 0.725 bits per heavy atom. The van der Waals surface area contributed by atoms with Crippen LogP contribution in [0.4, 0.5) is 0 Å². The highest BCUT2D eigenvalue weighted by Crippen LogP contribution is 2.53. The van der Waals surface area contributed by atoms with Gasteiger partial charge in [-0.15, -0.1) is 0 Å². The molecule has 0 amide bonds. The molecule has 5 heteroatoms. The van der Waals surface area contributed by atoms with Gasteiger partial charge in [0.25, 0.3) is 0 Å². The topological polar surface area (TPSA) is 50.1 Å². The zero-order valence-corrected chi connectivity index (χ0v) is 25.1. The molecule has 0 spiro atoms. The van der Waals surface area contributed by atoms with Crippen molar-refractivity contribution in [3.05, 3.63) is 132 Å². The second-order valence-electron chi connectivity index (χ2n) is 11.0. The first kappa shape index (κ1) is 28.5. The lowest BCUT2D eigenvalue weighted by atomic mass is 9.94. The molecule has 4 N–H and O–H groups in total. The van der Waals surface area contributed by atoms with E-state index < -0.39 is 7.92 Å². The number of hydrogen-bond acceptors (Lipinski definition) is 2. The molecule has 0 aromatic heterocycles. The minimum absolute atomic E-state index is 0.139. The highest BCUT2D eigenvalue weighted by Gasteiger charge is 2.42. The van der Waals surface area contributed by atoms with Crippen LogP contribution in [0.1, 0.15) is 49.9 Å². The summed E-state index contributed by atoms with van der Waals surface area (Å²) in [5.74, 6) is 1.16. The lowest BCUT2D eigenvalue weighted by molar-refractivity contribution is 0.414. The van der Waals surface area contributed by atoms with E-state index in [0.29, 0.717) is 22.6 Å². The summed E-state index contributed by atoms with van der Waals surface area (Å²) in [4.78, 5) is 0. The van der Waals surface area contributed by atoms with Crippen LogP contribution in [0, 0.1) is 11.8 Å². The zero-order valence-electron chi connectivity index (χ0n) is 23.4. The Morgan fingerprint density at radius 3 is 1.73 bits per heavy atom. The standard InChI is InChI=1S/C35H40N3PS/c1-25-23-24-31(34(25)39(29-19-11-5-12-20-29)30-21-13-6-14-22-30)26(2)37-35(40)38-33(28-17-9-4-10-18-28)32(36)27-15-7-3-8-16-27/h3-22,25-26,31-34H,23-24,36H2,1-2H3,(H2,37,38,40)/t25?,26-,31+,32+,33+,34?/m1/s1. The summed E-state index contributed by atoms with van der Waals surface area (Å²) < 4.78 is 0. The lowest BCUT2D eigenvalue weighted by Crippen LogP contribution is -2.48. The predicted octanol–water partition coefficient (Wildman–Crippen LogP) is 6.83. The molecule has 1 fully saturated rings. The molecule has 1 aliphatic rings. The summed E-state index contributed by atoms with van der Waals surface area (Å²) in [5.41, 5.74) is 9.61. The molecule has 40 heavy (non-hydrogen) atoms. The van der Waals surface area contributed by atoms with Gasteiger partial charge in [-0.3, -0.25) is 0 Å². The molecule has 1 saturated carbocycles. The molecule has 5 rings (SSSR count). The fraction of sp³-hybridized carbons (Fsp3) is 0.286. The summed E-state index contributed by atoms with van der Waals surface area (Å²) in [6.07, 6.45) is 2.44. The third kappa shape index (κ3) is 6.63. The molecule has 206 valence electrons. The number of nitrogens with one attached hydrogen (secondary N) is 2. The van der Waals surface area contributed by atoms with E-state index in [1.807, 2.05) is 24.3 Å². The summed E-state index contributed by atoms with van der Waals surface area (Å²) in [7, 11) is -0.505. The quantitative estimate of drug-likeness (QED) is 0.154. The zero-order chi connectivity index (χ0) is 27.9. The molecule has 4 aromatic rings. The van der Waals surface area contributed by atoms with Crippen LogP contribution in [-0.2, 0) is 0 Å². The van der Waals surface area contributed by atoms with Gasteiger partial charge in [-0.1, -0.05) is 128 Å². The van der Waals surface area contributed by atoms with Crippen LogP contribution >= 0.6 is 20.1 Å². The fourth-order valence-electron chi connectivity index (χ4n) is 6.29. The molecular formula is C35H40N3PS. The van der Waals surface area contributed by atoms with Crippen LogP contribution in [0.2, 0.25) is 0 Å². The van der Waals surface area contributed by atoms with E-state index in [1.165, 1.54) is 23.5 Å². The summed E-state index contributed by atoms with van der Waals surface area (Å²) in [5, 5.41) is 10.9. The van der Waals surface area contributed by atoms with Gasteiger partial charge >= 0.3 is 0 Å². The van der Waals surface area contributed by atoms with E-state index in [1.54, 1.807) is 0 Å². The van der Waals surface area contributed by atoms with E-state index in [0.717, 1.165) is 11.1 Å². The van der Waals surface area contributed by atoms with E-state index in [9.17, 15) is 0 Å². The Morgan fingerprint density at radius 2 is 1.20 bits per heavy atom. The van der Waals surface area contributed by atoms with Crippen molar-refractivity contribution in [1.29, 1.82) is 0 Å². The summed E-state index contributed by atoms with van der Waals surface area (Å²) in [6, 6.07) is 42.8. The Bertz CT molecular complexity index is 1300. The Balaban J connectivity index is 1.36. The van der Waals surface area contributed by atoms with Gasteiger partial charge in [-0.25, -0.2) is 0 Å². The van der Waals surface area contributed by atoms with Crippen LogP contribution < -0.4 is 27.0 Å². The molecule has 3 nitrogen and oxygen atoms in total. The first-order valence-corrected chi connectivity index (χ1v) is 16.2. The average Bonchev–Trinajstić information content (AvgIpc) is 3.38. The highest BCUT2D eigenvalue weighted by atomic mass is 32.1. The number of rotatable bonds is 9. The third-order valence-corrected chi connectivity index (χ3v) is 11.8. The third-order valence-electron chi connectivity index (χ3n) is 8.33. The molecule has 0 aliphatic heterocycles. The first-order chi connectivity index (χ1) is 19.5. The van der Waals surface area contributed by atoms with Crippen LogP contribution in [0.25, 0.3) is 0 Å². The fourth-order valence-corrected chi connectivity index (χ4v) is 10.0. The Labute approximate surface area is 246 Å². The van der Waals surface area contributed by atoms with Crippen molar-refractivity contribution < 1.29 is 0 Å². The van der Waals surface area contributed by atoms with Crippen LogP contribution in [0.15, 0.2) is 121 Å². The molecule has 0 radical (unpaired) electrons. The van der Waals surface area contributed by atoms with E-state index in [4.69, 9.17) is 18.0 Å². The molecule has 0 bridgehead atoms. The van der Waals surface area contributed by atoms with Gasteiger partial charge in [0.1, 0.15) is 0 Å². The maximum absolute atomic E-state index is 6.83. The smallest absolute Gasteiger partial charge is 0.167 e. The van der Waals surface area contributed by atoms with Crippen molar-refractivity contribution in [3.8, 4) is 0 Å². The van der Waals surface area contributed by atoms with Gasteiger partial charge in [0.2, 0.25) is 0 Å². The molecule has 6 atom stereocenters. The van der Waals surface area contributed by atoms with Gasteiger partial charge in [0, 0.05) is 6.04 Å². The minimum Gasteiger partial charge on any atom is -0.360 e. The lowest BCUT2D eigenvalue weighted by Gasteiger charge is -2.37. The molecule has 2 unspecified atom stereocenters. The van der Waals surface area contributed by atoms with Gasteiger partial charge in [0.05, 0.1) is 12.1 Å². The van der Waals surface area contributed by atoms with Crippen molar-refractivity contribution in [1.82, 2.24) is 10.6 Å². The van der Waals surface area contributed by atoms with E-state index >= 15 is 0 Å². The van der Waals surface area contributed by atoms with Gasteiger partial charge in [0.15, 0.2) is 5.11 Å². The highest BCUT2D eigenvalue weighted by molar-refractivity contribution is 7.80. The van der Waals surface area contributed by atoms with Crippen molar-refractivity contribution in [2.45, 2.75) is 50.5 Å². The van der Waals surface area contributed by atoms with Crippen LogP contribution in [0.5, 0.6) is 0 Å². The minimum atomic E-state index is -0.505. The SMILES string of the molecule is CC1CC[C@@H]([C@@H](C)NC(=S)N[C@@H](c2ccccc2)[C@@H](N)c2ccccc2)C1P(c1ccccc1)c1ccccc1. The van der Waals surface area contributed by atoms with E-state index in [2.05, 4.69) is 122 Å². The normalized spacial score (nSPS) is 20.9. The number of hydrogen-bond donors (Lipinski definition) is 3. The largest absolute Gasteiger partial charge is 0.360 e. The van der Waals surface area contributed by atoms with Gasteiger partial charge in [-0.2, -0.15) is 0 Å². The Kier molecular flexibility index (Phi) is 9.65. The maximum atomic E-state index is 6.83. The molecule has 0 saturated heterocycles. The molecule has 4 aromatic carbocycles. The predicted molar refractivity (Wildman–Crippen MR) is 176 cm³/mol. The van der Waals surface area contributed by atoms with Crippen molar-refractivity contribution in [2.75, 3.05) is 0 Å². The van der Waals surface area contributed by atoms with E-state index in [-0.39, 0.29) is 18.1 Å². The van der Waals surface area contributed by atoms with Gasteiger partial charge in [-0.05, 0) is 79.1 Å². The van der Waals surface area contributed by atoms with Crippen LogP contribution in [0.3, 0.4) is 0 Å². The molecule has 1 aliphatic carbocycles. The van der Waals surface area contributed by atoms with Crippen molar-refractivity contribution in [2.24, 2.45) is 17.6 Å². The number of thiocarbonyl (C=S) groups is 1. The number of benzene rings is 4. The van der Waals surface area contributed by atoms with Crippen molar-refractivity contribution in [3.63, 3.8) is 0 Å². The maximum Gasteiger partial charge on any atom is 0.167 e. The number of nitrogens with two attached hydrogens (primary N) is 1. The first-order valence-electron chi connectivity index (χ1n) is 14.3. The Hall–Kier alpha value is -3.04. The monoisotopic (exact) mass is 565 g/mol. The van der Waals surface area contributed by atoms with Gasteiger partial charge < -0.3 is 16.4 Å². The summed E-state index contributed by atoms with van der Waals surface area (Å²) >= 11 is 5.96. The van der Waals surface area contributed by atoms with Crippen molar-refractivity contribution >= 4 is 35.9 Å². The second kappa shape index (κ2) is 13.5. The summed E-state index contributed by atoms with van der Waals surface area (Å²) in [6.45, 7) is 4.75. The second-order valence-corrected chi connectivity index (χ2v) is 13.8. The average molecular weight is 566 g/mol.